The van der Waals surface area contributed by atoms with Crippen molar-refractivity contribution in [2.24, 2.45) is 0 Å². The van der Waals surface area contributed by atoms with Gasteiger partial charge in [0.05, 0.1) is 10.6 Å². The molecule has 1 aromatic heterocycles. The Labute approximate surface area is 110 Å². The number of carbonyl (C=O) groups excluding carboxylic acids is 1. The molecule has 0 radical (unpaired) electrons. The second-order valence-electron chi connectivity index (χ2n) is 3.89. The molecule has 3 nitrogen and oxygen atoms in total. The molecule has 0 aliphatic rings. The lowest BCUT2D eigenvalue weighted by Crippen LogP contribution is -1.95. The van der Waals surface area contributed by atoms with Gasteiger partial charge in [-0.15, -0.1) is 11.3 Å². The van der Waals surface area contributed by atoms with Crippen LogP contribution >= 0.6 is 11.3 Å². The summed E-state index contributed by atoms with van der Waals surface area (Å²) in [7, 11) is 0. The van der Waals surface area contributed by atoms with E-state index in [2.05, 4.69) is 4.98 Å². The first-order chi connectivity index (χ1) is 8.70. The van der Waals surface area contributed by atoms with Gasteiger partial charge in [-0.25, -0.2) is 4.98 Å². The fraction of sp³-hybridized carbons (Fsp3) is 0.286. The van der Waals surface area contributed by atoms with E-state index in [0.717, 1.165) is 27.7 Å². The maximum absolute atomic E-state index is 11.4. The molecule has 0 amide bonds. The molecular formula is C14H15NO2S. The molecule has 0 aliphatic heterocycles. The molecule has 2 rings (SSSR count). The Bertz CT molecular complexity index is 534. The molecule has 18 heavy (non-hydrogen) atoms. The van der Waals surface area contributed by atoms with Crippen molar-refractivity contribution in [1.29, 1.82) is 0 Å². The van der Waals surface area contributed by atoms with Crippen LogP contribution in [0.25, 0.3) is 0 Å². The highest BCUT2D eigenvalue weighted by atomic mass is 32.1. The highest BCUT2D eigenvalue weighted by Crippen LogP contribution is 2.21. The SMILES string of the molecule is CCc1nc(COc2ccccc2)sc1C(C)=O. The van der Waals surface area contributed by atoms with E-state index in [9.17, 15) is 4.79 Å². The molecule has 0 N–H and O–H groups in total. The summed E-state index contributed by atoms with van der Waals surface area (Å²) in [5, 5.41) is 0.848. The van der Waals surface area contributed by atoms with E-state index in [1.165, 1.54) is 11.3 Å². The van der Waals surface area contributed by atoms with Crippen molar-refractivity contribution in [2.45, 2.75) is 26.9 Å². The number of Topliss-reactive ketones (excluding diaryl/α,β-unsaturated/α-hetero) is 1. The van der Waals surface area contributed by atoms with Crippen molar-refractivity contribution < 1.29 is 9.53 Å². The van der Waals surface area contributed by atoms with E-state index in [-0.39, 0.29) is 5.78 Å². The van der Waals surface area contributed by atoms with Crippen LogP contribution in [0, 0.1) is 0 Å². The minimum absolute atomic E-state index is 0.0790. The van der Waals surface area contributed by atoms with Crippen LogP contribution in [-0.2, 0) is 13.0 Å². The lowest BCUT2D eigenvalue weighted by atomic mass is 10.2. The molecule has 4 heteroatoms. The zero-order chi connectivity index (χ0) is 13.0. The van der Waals surface area contributed by atoms with E-state index in [4.69, 9.17) is 4.74 Å². The van der Waals surface area contributed by atoms with Gasteiger partial charge in [0, 0.05) is 6.92 Å². The smallest absolute Gasteiger partial charge is 0.171 e. The number of ketones is 1. The van der Waals surface area contributed by atoms with Crippen molar-refractivity contribution in [3.63, 3.8) is 0 Å². The number of thiazole rings is 1. The number of hydrogen-bond acceptors (Lipinski definition) is 4. The second kappa shape index (κ2) is 5.78. The standard InChI is InChI=1S/C14H15NO2S/c1-3-12-14(10(2)16)18-13(15-12)9-17-11-7-5-4-6-8-11/h4-8H,3,9H2,1-2H3. The Hall–Kier alpha value is -1.68. The third-order valence-corrected chi connectivity index (χ3v) is 3.67. The first-order valence-electron chi connectivity index (χ1n) is 5.88. The number of para-hydroxylation sites is 1. The molecule has 0 saturated carbocycles. The van der Waals surface area contributed by atoms with Crippen LogP contribution in [-0.4, -0.2) is 10.8 Å². The molecule has 0 spiro atoms. The number of rotatable bonds is 5. The Kier molecular flexibility index (Phi) is 4.10. The molecular weight excluding hydrogens is 246 g/mol. The molecule has 0 bridgehead atoms. The molecule has 0 unspecified atom stereocenters. The van der Waals surface area contributed by atoms with Gasteiger partial charge in [0.2, 0.25) is 0 Å². The first-order valence-corrected chi connectivity index (χ1v) is 6.69. The van der Waals surface area contributed by atoms with Gasteiger partial charge in [0.25, 0.3) is 0 Å². The monoisotopic (exact) mass is 261 g/mol. The van der Waals surface area contributed by atoms with E-state index >= 15 is 0 Å². The van der Waals surface area contributed by atoms with Gasteiger partial charge in [-0.05, 0) is 18.6 Å². The van der Waals surface area contributed by atoms with E-state index in [1.807, 2.05) is 37.3 Å². The van der Waals surface area contributed by atoms with Crippen molar-refractivity contribution in [3.8, 4) is 5.75 Å². The minimum Gasteiger partial charge on any atom is -0.486 e. The molecule has 0 fully saturated rings. The second-order valence-corrected chi connectivity index (χ2v) is 4.98. The number of aromatic nitrogens is 1. The molecule has 0 saturated heterocycles. The number of ether oxygens (including phenoxy) is 1. The quantitative estimate of drug-likeness (QED) is 0.773. The van der Waals surface area contributed by atoms with Crippen LogP contribution < -0.4 is 4.74 Å². The van der Waals surface area contributed by atoms with Crippen molar-refractivity contribution >= 4 is 17.1 Å². The summed E-state index contributed by atoms with van der Waals surface area (Å²) in [5.74, 6) is 0.894. The predicted octanol–water partition coefficient (Wildman–Crippen LogP) is 3.49. The summed E-state index contributed by atoms with van der Waals surface area (Å²) < 4.78 is 5.62. The normalized spacial score (nSPS) is 10.3. The number of aryl methyl sites for hydroxylation is 1. The highest BCUT2D eigenvalue weighted by molar-refractivity contribution is 7.13. The van der Waals surface area contributed by atoms with E-state index in [1.54, 1.807) is 6.92 Å². The summed E-state index contributed by atoms with van der Waals surface area (Å²) in [5.41, 5.74) is 0.874. The first kappa shape index (κ1) is 12.8. The molecule has 94 valence electrons. The summed E-state index contributed by atoms with van der Waals surface area (Å²) in [6.45, 7) is 3.99. The average Bonchev–Trinajstić information content (AvgIpc) is 2.81. The van der Waals surface area contributed by atoms with Crippen LogP contribution in [0.5, 0.6) is 5.75 Å². The van der Waals surface area contributed by atoms with Crippen molar-refractivity contribution in [2.75, 3.05) is 0 Å². The summed E-state index contributed by atoms with van der Waals surface area (Å²) in [4.78, 5) is 16.6. The maximum atomic E-state index is 11.4. The number of benzene rings is 1. The maximum Gasteiger partial charge on any atom is 0.171 e. The largest absolute Gasteiger partial charge is 0.486 e. The fourth-order valence-corrected chi connectivity index (χ4v) is 2.60. The molecule has 1 aromatic carbocycles. The lowest BCUT2D eigenvalue weighted by molar-refractivity contribution is 0.102. The van der Waals surface area contributed by atoms with Gasteiger partial charge in [0.15, 0.2) is 5.78 Å². The zero-order valence-electron chi connectivity index (χ0n) is 10.5. The van der Waals surface area contributed by atoms with Crippen molar-refractivity contribution in [1.82, 2.24) is 4.98 Å². The summed E-state index contributed by atoms with van der Waals surface area (Å²) in [6.07, 6.45) is 0.775. The van der Waals surface area contributed by atoms with Crippen LogP contribution in [0.4, 0.5) is 0 Å². The highest BCUT2D eigenvalue weighted by Gasteiger charge is 2.13. The van der Waals surface area contributed by atoms with Crippen LogP contribution in [0.15, 0.2) is 30.3 Å². The van der Waals surface area contributed by atoms with E-state index < -0.39 is 0 Å². The number of carbonyl (C=O) groups is 1. The van der Waals surface area contributed by atoms with Crippen LogP contribution in [0.1, 0.15) is 34.2 Å². The molecule has 0 aliphatic carbocycles. The van der Waals surface area contributed by atoms with Gasteiger partial charge < -0.3 is 4.74 Å². The Morgan fingerprint density at radius 1 is 1.33 bits per heavy atom. The van der Waals surface area contributed by atoms with Crippen LogP contribution in [0.2, 0.25) is 0 Å². The third kappa shape index (κ3) is 2.96. The van der Waals surface area contributed by atoms with Gasteiger partial charge in [-0.2, -0.15) is 0 Å². The Morgan fingerprint density at radius 3 is 2.61 bits per heavy atom. The minimum atomic E-state index is 0.0790. The van der Waals surface area contributed by atoms with Crippen LogP contribution in [0.3, 0.4) is 0 Å². The topological polar surface area (TPSA) is 39.2 Å². The van der Waals surface area contributed by atoms with E-state index in [0.29, 0.717) is 6.61 Å². The molecule has 2 aromatic rings. The van der Waals surface area contributed by atoms with Gasteiger partial charge in [-0.3, -0.25) is 4.79 Å². The Balaban J connectivity index is 2.08. The zero-order valence-corrected chi connectivity index (χ0v) is 11.3. The summed E-state index contributed by atoms with van der Waals surface area (Å²) >= 11 is 1.43. The Morgan fingerprint density at radius 2 is 2.06 bits per heavy atom. The van der Waals surface area contributed by atoms with Gasteiger partial charge in [0.1, 0.15) is 17.4 Å². The van der Waals surface area contributed by atoms with Gasteiger partial charge >= 0.3 is 0 Å². The lowest BCUT2D eigenvalue weighted by Gasteiger charge is -2.02. The fourth-order valence-electron chi connectivity index (χ4n) is 1.64. The van der Waals surface area contributed by atoms with Gasteiger partial charge in [-0.1, -0.05) is 25.1 Å². The average molecular weight is 261 g/mol. The summed E-state index contributed by atoms with van der Waals surface area (Å²) in [6, 6.07) is 9.60. The predicted molar refractivity (Wildman–Crippen MR) is 72.3 cm³/mol. The van der Waals surface area contributed by atoms with Crippen molar-refractivity contribution in [3.05, 3.63) is 45.9 Å². The molecule has 1 heterocycles. The number of nitrogens with zero attached hydrogens (tertiary/aromatic N) is 1. The number of hydrogen-bond donors (Lipinski definition) is 0. The third-order valence-electron chi connectivity index (χ3n) is 2.50. The molecule has 0 atom stereocenters.